The molecule has 0 heterocycles. The van der Waals surface area contributed by atoms with Gasteiger partial charge in [0.05, 0.1) is 0 Å². The number of rotatable bonds is 7. The third-order valence-corrected chi connectivity index (χ3v) is 3.24. The van der Waals surface area contributed by atoms with Crippen molar-refractivity contribution in [1.82, 2.24) is 0 Å². The molecule has 0 aliphatic carbocycles. The monoisotopic (exact) mass is 354 g/mol. The summed E-state index contributed by atoms with van der Waals surface area (Å²) in [4.78, 5) is 35.0. The fraction of sp³-hybridized carbons (Fsp3) is 0.150. The predicted octanol–water partition coefficient (Wildman–Crippen LogP) is 3.55. The number of carbonyl (C=O) groups excluding carboxylic acids is 3. The third-order valence-electron chi connectivity index (χ3n) is 3.24. The van der Waals surface area contributed by atoms with E-state index in [-0.39, 0.29) is 30.3 Å². The first-order chi connectivity index (χ1) is 12.5. The lowest BCUT2D eigenvalue weighted by atomic mass is 10.0. The lowest BCUT2D eigenvalue weighted by Crippen LogP contribution is -2.16. The molecule has 0 spiro atoms. The lowest BCUT2D eigenvalue weighted by Gasteiger charge is -2.07. The fourth-order valence-electron chi connectivity index (χ4n) is 1.94. The van der Waals surface area contributed by atoms with Crippen LogP contribution < -0.4 is 4.74 Å². The summed E-state index contributed by atoms with van der Waals surface area (Å²) in [7, 11) is 0. The van der Waals surface area contributed by atoms with Crippen molar-refractivity contribution in [2.75, 3.05) is 13.2 Å². The van der Waals surface area contributed by atoms with E-state index in [2.05, 4.69) is 6.58 Å². The number of hydrogen-bond acceptors (Lipinski definition) is 6. The van der Waals surface area contributed by atoms with Gasteiger partial charge in [0.1, 0.15) is 19.0 Å². The van der Waals surface area contributed by atoms with Gasteiger partial charge in [0, 0.05) is 16.7 Å². The summed E-state index contributed by atoms with van der Waals surface area (Å²) in [6, 6.07) is 15.0. The zero-order valence-corrected chi connectivity index (χ0v) is 14.3. The van der Waals surface area contributed by atoms with Crippen molar-refractivity contribution in [3.05, 3.63) is 77.9 Å². The molecule has 0 atom stereocenters. The zero-order valence-electron chi connectivity index (χ0n) is 14.3. The highest BCUT2D eigenvalue weighted by molar-refractivity contribution is 6.09. The molecular formula is C20H18O6. The molecule has 0 bridgehead atoms. The smallest absolute Gasteiger partial charge is 0.459 e. The summed E-state index contributed by atoms with van der Waals surface area (Å²) in [6.07, 6.45) is -0.932. The summed E-state index contributed by atoms with van der Waals surface area (Å²) in [5.41, 5.74) is 1.31. The van der Waals surface area contributed by atoms with E-state index in [1.807, 2.05) is 6.07 Å². The van der Waals surface area contributed by atoms with Gasteiger partial charge >= 0.3 is 12.1 Å². The van der Waals surface area contributed by atoms with Crippen molar-refractivity contribution in [2.24, 2.45) is 0 Å². The molecule has 0 radical (unpaired) electrons. The van der Waals surface area contributed by atoms with Crippen LogP contribution in [0.25, 0.3) is 0 Å². The molecule has 0 aliphatic heterocycles. The van der Waals surface area contributed by atoms with Crippen molar-refractivity contribution < 1.29 is 28.6 Å². The second-order valence-electron chi connectivity index (χ2n) is 5.34. The Labute approximate surface area is 151 Å². The summed E-state index contributed by atoms with van der Waals surface area (Å²) >= 11 is 0. The summed E-state index contributed by atoms with van der Waals surface area (Å²) in [6.45, 7) is 4.72. The Balaban J connectivity index is 1.81. The van der Waals surface area contributed by atoms with E-state index in [1.165, 1.54) is 19.1 Å². The van der Waals surface area contributed by atoms with Gasteiger partial charge in [-0.2, -0.15) is 0 Å². The van der Waals surface area contributed by atoms with Crippen molar-refractivity contribution in [3.8, 4) is 5.75 Å². The molecule has 0 saturated heterocycles. The minimum absolute atomic E-state index is 0.0920. The first-order valence-corrected chi connectivity index (χ1v) is 7.84. The van der Waals surface area contributed by atoms with E-state index in [0.717, 1.165) is 0 Å². The molecule has 0 fully saturated rings. The number of ether oxygens (including phenoxy) is 3. The molecule has 2 aromatic rings. The maximum absolute atomic E-state index is 12.3. The molecule has 0 N–H and O–H groups in total. The van der Waals surface area contributed by atoms with Gasteiger partial charge < -0.3 is 14.2 Å². The third kappa shape index (κ3) is 5.59. The highest BCUT2D eigenvalue weighted by Gasteiger charge is 2.11. The molecule has 26 heavy (non-hydrogen) atoms. The number of benzene rings is 2. The van der Waals surface area contributed by atoms with Crippen LogP contribution in [-0.2, 0) is 14.3 Å². The Morgan fingerprint density at radius 3 is 2.04 bits per heavy atom. The Bertz CT molecular complexity index is 793. The summed E-state index contributed by atoms with van der Waals surface area (Å²) in [5.74, 6) is -0.446. The Morgan fingerprint density at radius 2 is 1.42 bits per heavy atom. The van der Waals surface area contributed by atoms with Crippen LogP contribution in [0.4, 0.5) is 4.79 Å². The van der Waals surface area contributed by atoms with E-state index in [9.17, 15) is 14.4 Å². The highest BCUT2D eigenvalue weighted by atomic mass is 16.7. The Morgan fingerprint density at radius 1 is 0.846 bits per heavy atom. The first-order valence-electron chi connectivity index (χ1n) is 7.84. The van der Waals surface area contributed by atoms with Crippen LogP contribution in [0.15, 0.2) is 66.7 Å². The summed E-state index contributed by atoms with van der Waals surface area (Å²) in [5, 5.41) is 0. The van der Waals surface area contributed by atoms with Gasteiger partial charge in [-0.1, -0.05) is 36.9 Å². The SMILES string of the molecule is C=C(C)C(=O)OCCOC(=O)Oc1ccc(C(=O)c2ccccc2)cc1. The number of hydrogen-bond donors (Lipinski definition) is 0. The van der Waals surface area contributed by atoms with Crippen LogP contribution in [0.5, 0.6) is 5.75 Å². The fourth-order valence-corrected chi connectivity index (χ4v) is 1.94. The molecule has 0 amide bonds. The van der Waals surface area contributed by atoms with Crippen molar-refractivity contribution >= 4 is 17.9 Å². The minimum Gasteiger partial charge on any atom is -0.459 e. The molecule has 6 heteroatoms. The second kappa shape index (κ2) is 9.17. The average Bonchev–Trinajstić information content (AvgIpc) is 2.65. The van der Waals surface area contributed by atoms with Crippen LogP contribution in [0, 0.1) is 0 Å². The highest BCUT2D eigenvalue weighted by Crippen LogP contribution is 2.16. The van der Waals surface area contributed by atoms with Gasteiger partial charge in [-0.3, -0.25) is 4.79 Å². The van der Waals surface area contributed by atoms with Crippen LogP contribution in [0.1, 0.15) is 22.8 Å². The average molecular weight is 354 g/mol. The predicted molar refractivity (Wildman–Crippen MR) is 94.1 cm³/mol. The van der Waals surface area contributed by atoms with Crippen molar-refractivity contribution in [2.45, 2.75) is 6.92 Å². The van der Waals surface area contributed by atoms with Crippen LogP contribution in [0.2, 0.25) is 0 Å². The molecule has 0 aliphatic rings. The normalized spacial score (nSPS) is 9.88. The largest absolute Gasteiger partial charge is 0.513 e. The van der Waals surface area contributed by atoms with Gasteiger partial charge in [0.15, 0.2) is 5.78 Å². The molecular weight excluding hydrogens is 336 g/mol. The van der Waals surface area contributed by atoms with Gasteiger partial charge in [-0.05, 0) is 31.2 Å². The van der Waals surface area contributed by atoms with Crippen LogP contribution in [-0.4, -0.2) is 31.1 Å². The van der Waals surface area contributed by atoms with Crippen LogP contribution >= 0.6 is 0 Å². The van der Waals surface area contributed by atoms with E-state index in [1.54, 1.807) is 36.4 Å². The topological polar surface area (TPSA) is 78.9 Å². The van der Waals surface area contributed by atoms with Gasteiger partial charge in [-0.25, -0.2) is 9.59 Å². The molecule has 0 saturated carbocycles. The molecule has 0 aromatic heterocycles. The first kappa shape index (κ1) is 18.9. The molecule has 2 aromatic carbocycles. The molecule has 6 nitrogen and oxygen atoms in total. The Kier molecular flexibility index (Phi) is 6.68. The van der Waals surface area contributed by atoms with Gasteiger partial charge in [0.2, 0.25) is 0 Å². The minimum atomic E-state index is -0.932. The van der Waals surface area contributed by atoms with Gasteiger partial charge in [0.25, 0.3) is 0 Å². The number of carbonyl (C=O) groups is 3. The standard InChI is InChI=1S/C20H18O6/c1-14(2)19(22)24-12-13-25-20(23)26-17-10-8-16(9-11-17)18(21)15-6-4-3-5-7-15/h3-11H,1,12-13H2,2H3. The quantitative estimate of drug-likeness (QED) is 0.249. The zero-order chi connectivity index (χ0) is 18.9. The number of ketones is 1. The van der Waals surface area contributed by atoms with Crippen LogP contribution in [0.3, 0.4) is 0 Å². The second-order valence-corrected chi connectivity index (χ2v) is 5.34. The maximum atomic E-state index is 12.3. The van der Waals surface area contributed by atoms with E-state index in [0.29, 0.717) is 11.1 Å². The molecule has 2 rings (SSSR count). The van der Waals surface area contributed by atoms with Crippen molar-refractivity contribution in [1.29, 1.82) is 0 Å². The van der Waals surface area contributed by atoms with E-state index < -0.39 is 12.1 Å². The maximum Gasteiger partial charge on any atom is 0.513 e. The van der Waals surface area contributed by atoms with E-state index >= 15 is 0 Å². The Hall–Kier alpha value is -3.41. The van der Waals surface area contributed by atoms with Gasteiger partial charge in [-0.15, -0.1) is 0 Å². The number of esters is 1. The van der Waals surface area contributed by atoms with Crippen molar-refractivity contribution in [3.63, 3.8) is 0 Å². The molecule has 0 unspecified atom stereocenters. The van der Waals surface area contributed by atoms with E-state index in [4.69, 9.17) is 14.2 Å². The molecule has 134 valence electrons. The lowest BCUT2D eigenvalue weighted by molar-refractivity contribution is -0.140. The summed E-state index contributed by atoms with van der Waals surface area (Å²) < 4.78 is 14.5.